The number of hydrogen-bond acceptors (Lipinski definition) is 5. The number of ketones is 1. The third kappa shape index (κ3) is 9.79. The van der Waals surface area contributed by atoms with Crippen LogP contribution in [0.4, 0.5) is 4.39 Å². The standard InChI is InChI=1S/C29H37FN2O5/c1-19(2)15-26(32-21(4)33)28(35)31-20(3)27(34)25(17-30)24(16-22-11-7-5-8-12-22)29(36)37-18-23-13-9-6-10-14-23/h5-14,19-20,24-26H,15-18H2,1-4H3,(H,31,35)(H,32,33). The summed E-state index contributed by atoms with van der Waals surface area (Å²) < 4.78 is 19.9. The fourth-order valence-corrected chi connectivity index (χ4v) is 4.13. The molecule has 2 rings (SSSR count). The van der Waals surface area contributed by atoms with Crippen LogP contribution >= 0.6 is 0 Å². The van der Waals surface area contributed by atoms with Gasteiger partial charge in [-0.3, -0.25) is 23.6 Å². The normalized spacial score (nSPS) is 14.2. The SMILES string of the molecule is CC(=O)NC(CC(C)C)C(=O)NC(C)C(=O)C(CF)C(Cc1ccccc1)C(=O)OCc1ccccc1. The van der Waals surface area contributed by atoms with Gasteiger partial charge < -0.3 is 15.4 Å². The van der Waals surface area contributed by atoms with E-state index in [0.717, 1.165) is 11.1 Å². The van der Waals surface area contributed by atoms with Gasteiger partial charge in [0.2, 0.25) is 11.8 Å². The summed E-state index contributed by atoms with van der Waals surface area (Å²) in [5, 5.41) is 5.19. The van der Waals surface area contributed by atoms with E-state index >= 15 is 0 Å². The van der Waals surface area contributed by atoms with Crippen LogP contribution in [-0.4, -0.2) is 42.3 Å². The predicted octanol–water partition coefficient (Wildman–Crippen LogP) is 3.80. The molecule has 0 saturated carbocycles. The van der Waals surface area contributed by atoms with Crippen LogP contribution in [0.1, 0.15) is 45.2 Å². The second-order valence-corrected chi connectivity index (χ2v) is 9.67. The molecule has 4 atom stereocenters. The van der Waals surface area contributed by atoms with E-state index in [4.69, 9.17) is 4.74 Å². The quantitative estimate of drug-likeness (QED) is 0.375. The highest BCUT2D eigenvalue weighted by Gasteiger charge is 2.38. The second kappa shape index (κ2) is 14.9. The van der Waals surface area contributed by atoms with Crippen LogP contribution < -0.4 is 10.6 Å². The van der Waals surface area contributed by atoms with Crippen molar-refractivity contribution in [1.29, 1.82) is 0 Å². The van der Waals surface area contributed by atoms with Gasteiger partial charge in [-0.05, 0) is 36.8 Å². The van der Waals surface area contributed by atoms with Crippen molar-refractivity contribution in [1.82, 2.24) is 10.6 Å². The molecule has 0 heterocycles. The molecule has 2 aromatic carbocycles. The monoisotopic (exact) mass is 512 g/mol. The zero-order chi connectivity index (χ0) is 27.4. The summed E-state index contributed by atoms with van der Waals surface area (Å²) in [4.78, 5) is 50.9. The zero-order valence-corrected chi connectivity index (χ0v) is 21.9. The lowest BCUT2D eigenvalue weighted by atomic mass is 9.82. The van der Waals surface area contributed by atoms with Crippen LogP contribution in [0.15, 0.2) is 60.7 Å². The van der Waals surface area contributed by atoms with Crippen molar-refractivity contribution in [3.63, 3.8) is 0 Å². The van der Waals surface area contributed by atoms with Gasteiger partial charge in [-0.1, -0.05) is 74.5 Å². The zero-order valence-electron chi connectivity index (χ0n) is 21.9. The van der Waals surface area contributed by atoms with Crippen molar-refractivity contribution in [3.8, 4) is 0 Å². The van der Waals surface area contributed by atoms with Gasteiger partial charge in [-0.15, -0.1) is 0 Å². The number of amides is 2. The number of alkyl halides is 1. The number of carbonyl (C=O) groups excluding carboxylic acids is 4. The van der Waals surface area contributed by atoms with Gasteiger partial charge in [0.1, 0.15) is 19.3 Å². The maximum Gasteiger partial charge on any atom is 0.310 e. The Morgan fingerprint density at radius 3 is 1.92 bits per heavy atom. The highest BCUT2D eigenvalue weighted by atomic mass is 19.1. The number of hydrogen-bond donors (Lipinski definition) is 2. The van der Waals surface area contributed by atoms with Crippen molar-refractivity contribution in [2.75, 3.05) is 6.67 Å². The molecule has 7 nitrogen and oxygen atoms in total. The first-order valence-corrected chi connectivity index (χ1v) is 12.5. The molecule has 0 spiro atoms. The van der Waals surface area contributed by atoms with Gasteiger partial charge in [0.25, 0.3) is 0 Å². The Kier molecular flexibility index (Phi) is 11.9. The fourth-order valence-electron chi connectivity index (χ4n) is 4.13. The third-order valence-electron chi connectivity index (χ3n) is 6.03. The molecule has 4 unspecified atom stereocenters. The highest BCUT2D eigenvalue weighted by Crippen LogP contribution is 2.24. The third-order valence-corrected chi connectivity index (χ3v) is 6.03. The topological polar surface area (TPSA) is 102 Å². The molecule has 2 amide bonds. The number of halogens is 1. The Labute approximate surface area is 218 Å². The second-order valence-electron chi connectivity index (χ2n) is 9.67. The van der Waals surface area contributed by atoms with E-state index in [2.05, 4.69) is 10.6 Å². The largest absolute Gasteiger partial charge is 0.461 e. The molecule has 0 bridgehead atoms. The minimum absolute atomic E-state index is 0.00194. The van der Waals surface area contributed by atoms with Crippen LogP contribution in [0, 0.1) is 17.8 Å². The summed E-state index contributed by atoms with van der Waals surface area (Å²) in [6, 6.07) is 16.2. The lowest BCUT2D eigenvalue weighted by molar-refractivity contribution is -0.154. The number of esters is 1. The van der Waals surface area contributed by atoms with Crippen LogP contribution in [-0.2, 0) is 36.9 Å². The molecule has 0 aliphatic heterocycles. The molecular formula is C29H37FN2O5. The lowest BCUT2D eigenvalue weighted by Gasteiger charge is -2.27. The van der Waals surface area contributed by atoms with Gasteiger partial charge in [-0.25, -0.2) is 0 Å². The number of ether oxygens (including phenoxy) is 1. The van der Waals surface area contributed by atoms with Crippen molar-refractivity contribution >= 4 is 23.6 Å². The predicted molar refractivity (Wildman–Crippen MR) is 139 cm³/mol. The van der Waals surface area contributed by atoms with Crippen molar-refractivity contribution in [2.45, 2.75) is 59.2 Å². The molecule has 8 heteroatoms. The Balaban J connectivity index is 2.20. The average Bonchev–Trinajstić information content (AvgIpc) is 2.87. The molecular weight excluding hydrogens is 475 g/mol. The van der Waals surface area contributed by atoms with Gasteiger partial charge in [0, 0.05) is 6.92 Å². The Hall–Kier alpha value is -3.55. The van der Waals surface area contributed by atoms with Crippen LogP contribution in [0.5, 0.6) is 0 Å². The number of benzene rings is 2. The van der Waals surface area contributed by atoms with Crippen LogP contribution in [0.2, 0.25) is 0 Å². The van der Waals surface area contributed by atoms with E-state index < -0.39 is 48.3 Å². The van der Waals surface area contributed by atoms with E-state index in [1.54, 1.807) is 36.4 Å². The number of nitrogens with one attached hydrogen (secondary N) is 2. The molecule has 0 aromatic heterocycles. The molecule has 37 heavy (non-hydrogen) atoms. The van der Waals surface area contributed by atoms with Crippen LogP contribution in [0.25, 0.3) is 0 Å². The number of Topliss-reactive ketones (excluding diaryl/α,β-unsaturated/α-hetero) is 1. The summed E-state index contributed by atoms with van der Waals surface area (Å²) >= 11 is 0. The molecule has 0 radical (unpaired) electrons. The first kappa shape index (κ1) is 29.7. The van der Waals surface area contributed by atoms with Gasteiger partial charge in [0.15, 0.2) is 5.78 Å². The highest BCUT2D eigenvalue weighted by molar-refractivity contribution is 5.95. The van der Waals surface area contributed by atoms with E-state index in [-0.39, 0.29) is 24.9 Å². The Morgan fingerprint density at radius 2 is 1.41 bits per heavy atom. The molecule has 200 valence electrons. The van der Waals surface area contributed by atoms with Gasteiger partial charge >= 0.3 is 5.97 Å². The maximum absolute atomic E-state index is 14.4. The summed E-state index contributed by atoms with van der Waals surface area (Å²) in [5.41, 5.74) is 1.53. The number of carbonyl (C=O) groups is 4. The summed E-state index contributed by atoms with van der Waals surface area (Å²) in [5.74, 6) is -4.48. The van der Waals surface area contributed by atoms with E-state index in [1.165, 1.54) is 13.8 Å². The molecule has 2 aromatic rings. The smallest absolute Gasteiger partial charge is 0.310 e. The molecule has 0 saturated heterocycles. The maximum atomic E-state index is 14.4. The molecule has 0 aliphatic rings. The van der Waals surface area contributed by atoms with E-state index in [1.807, 2.05) is 38.1 Å². The summed E-state index contributed by atoms with van der Waals surface area (Å²) in [7, 11) is 0. The molecule has 2 N–H and O–H groups in total. The Morgan fingerprint density at radius 1 is 0.838 bits per heavy atom. The van der Waals surface area contributed by atoms with Crippen molar-refractivity contribution in [2.24, 2.45) is 17.8 Å². The summed E-state index contributed by atoms with van der Waals surface area (Å²) in [6.07, 6.45) is 0.485. The Bertz CT molecular complexity index is 1030. The van der Waals surface area contributed by atoms with E-state index in [9.17, 15) is 23.6 Å². The van der Waals surface area contributed by atoms with Gasteiger partial charge in [-0.2, -0.15) is 0 Å². The van der Waals surface area contributed by atoms with Crippen molar-refractivity contribution < 1.29 is 28.3 Å². The minimum Gasteiger partial charge on any atom is -0.461 e. The summed E-state index contributed by atoms with van der Waals surface area (Å²) in [6.45, 7) is 5.49. The first-order chi connectivity index (χ1) is 17.6. The van der Waals surface area contributed by atoms with Gasteiger partial charge in [0.05, 0.1) is 17.9 Å². The average molecular weight is 513 g/mol. The molecule has 0 fully saturated rings. The van der Waals surface area contributed by atoms with E-state index in [0.29, 0.717) is 6.42 Å². The van der Waals surface area contributed by atoms with Crippen molar-refractivity contribution in [3.05, 3.63) is 71.8 Å². The number of rotatable bonds is 14. The minimum atomic E-state index is -1.32. The van der Waals surface area contributed by atoms with Crippen LogP contribution in [0.3, 0.4) is 0 Å². The fraction of sp³-hybridized carbons (Fsp3) is 0.448. The first-order valence-electron chi connectivity index (χ1n) is 12.5. The lowest BCUT2D eigenvalue weighted by Crippen LogP contribution is -2.52. The molecule has 0 aliphatic carbocycles.